The molecule has 208 valence electrons. The van der Waals surface area contributed by atoms with Crippen molar-refractivity contribution in [1.82, 2.24) is 0 Å². The van der Waals surface area contributed by atoms with Crippen LogP contribution in [0.2, 0.25) is 0 Å². The second-order valence-corrected chi connectivity index (χ2v) is 11.4. The van der Waals surface area contributed by atoms with E-state index in [1.165, 1.54) is 6.08 Å². The summed E-state index contributed by atoms with van der Waals surface area (Å²) < 4.78 is 11.7. The molecule has 0 saturated heterocycles. The summed E-state index contributed by atoms with van der Waals surface area (Å²) in [6, 6.07) is 0. The summed E-state index contributed by atoms with van der Waals surface area (Å²) in [5.74, 6) is -2.84. The number of aliphatic carboxylic acids is 2. The molecule has 2 atom stereocenters. The maximum atomic E-state index is 12.1. The molecule has 0 fully saturated rings. The average molecular weight is 517 g/mol. The van der Waals surface area contributed by atoms with E-state index in [1.807, 2.05) is 42.3 Å². The Kier molecular flexibility index (Phi) is 15.9. The quantitative estimate of drug-likeness (QED) is 0.109. The zero-order chi connectivity index (χ0) is 27.8. The molecule has 0 saturated carbocycles. The number of carboxylic acids is 2. The number of allylic oxidation sites excluding steroid dienone is 1. The highest BCUT2D eigenvalue weighted by molar-refractivity contribution is 5.82. The van der Waals surface area contributed by atoms with Gasteiger partial charge in [-0.25, -0.2) is 4.79 Å². The molecule has 0 heterocycles. The minimum atomic E-state index is -0.996. The molecule has 0 aromatic heterocycles. The van der Waals surface area contributed by atoms with Crippen LogP contribution < -0.4 is 0 Å². The minimum Gasteiger partial charge on any atom is -0.481 e. The highest BCUT2D eigenvalue weighted by Gasteiger charge is 2.25. The molecule has 0 aliphatic heterocycles. The second-order valence-electron chi connectivity index (χ2n) is 11.4. The summed E-state index contributed by atoms with van der Waals surface area (Å²) in [6.45, 7) is 0.867. The van der Waals surface area contributed by atoms with Crippen molar-refractivity contribution in [3.8, 4) is 0 Å². The van der Waals surface area contributed by atoms with Crippen LogP contribution in [0.25, 0.3) is 0 Å². The van der Waals surface area contributed by atoms with Gasteiger partial charge in [-0.15, -0.1) is 0 Å². The molecule has 0 bridgehead atoms. The van der Waals surface area contributed by atoms with Gasteiger partial charge in [-0.2, -0.15) is 0 Å². The highest BCUT2D eigenvalue weighted by Crippen LogP contribution is 2.12. The number of carbonyl (C=O) groups is 4. The van der Waals surface area contributed by atoms with Gasteiger partial charge in [0, 0.05) is 12.5 Å². The lowest BCUT2D eigenvalue weighted by molar-refractivity contribution is -0.873. The summed E-state index contributed by atoms with van der Waals surface area (Å²) >= 11 is 0. The van der Waals surface area contributed by atoms with E-state index in [0.29, 0.717) is 28.5 Å². The number of unbranched alkanes of at least 4 members (excludes halogenated alkanes) is 6. The summed E-state index contributed by atoms with van der Waals surface area (Å²) in [4.78, 5) is 46.1. The van der Waals surface area contributed by atoms with Gasteiger partial charge in [0.05, 0.1) is 55.1 Å². The third kappa shape index (κ3) is 22.0. The second kappa shape index (κ2) is 17.1. The number of esters is 2. The lowest BCUT2D eigenvalue weighted by Gasteiger charge is -2.28. The standard InChI is InChI=1S/C26H46N2O8/c1-27(2,3)19-21(17-23(29)30)35-25(33)15-13-11-9-7-8-10-12-14-16-26(34)36-22(18-24(31)32)20-28(4,5)6/h13,15,21-22H,7-12,14,16-20H2,1-6H3/p+2. The monoisotopic (exact) mass is 516 g/mol. The summed E-state index contributed by atoms with van der Waals surface area (Å²) in [5, 5.41) is 18.0. The number of carbonyl (C=O) groups excluding carboxylic acids is 2. The van der Waals surface area contributed by atoms with Crippen molar-refractivity contribution >= 4 is 23.9 Å². The van der Waals surface area contributed by atoms with Crippen LogP contribution in [0.1, 0.15) is 64.2 Å². The van der Waals surface area contributed by atoms with E-state index in [4.69, 9.17) is 19.7 Å². The van der Waals surface area contributed by atoms with Crippen molar-refractivity contribution < 1.29 is 47.8 Å². The van der Waals surface area contributed by atoms with Gasteiger partial charge in [0.1, 0.15) is 13.1 Å². The van der Waals surface area contributed by atoms with Crippen LogP contribution in [-0.4, -0.2) is 111 Å². The fourth-order valence-electron chi connectivity index (χ4n) is 3.76. The predicted molar refractivity (Wildman–Crippen MR) is 136 cm³/mol. The Morgan fingerprint density at radius 3 is 1.61 bits per heavy atom. The molecule has 0 aliphatic rings. The van der Waals surface area contributed by atoms with E-state index >= 15 is 0 Å². The van der Waals surface area contributed by atoms with Crippen molar-refractivity contribution in [3.63, 3.8) is 0 Å². The van der Waals surface area contributed by atoms with Crippen LogP contribution in [0.5, 0.6) is 0 Å². The lowest BCUT2D eigenvalue weighted by Crippen LogP contribution is -2.43. The molecule has 10 heteroatoms. The Hall–Kier alpha value is -2.46. The molecular formula is C26H48N2O8+2. The van der Waals surface area contributed by atoms with Crippen molar-refractivity contribution in [3.05, 3.63) is 12.2 Å². The first-order chi connectivity index (χ1) is 16.6. The van der Waals surface area contributed by atoms with Crippen LogP contribution >= 0.6 is 0 Å². The largest absolute Gasteiger partial charge is 0.481 e. The number of carboxylic acid groups (broad SMARTS) is 2. The number of likely N-dealkylation sites (N-methyl/N-ethyl adjacent to an activating group) is 2. The van der Waals surface area contributed by atoms with Crippen LogP contribution in [0.4, 0.5) is 0 Å². The molecule has 0 rings (SSSR count). The van der Waals surface area contributed by atoms with E-state index in [9.17, 15) is 19.2 Å². The van der Waals surface area contributed by atoms with Crippen LogP contribution in [-0.2, 0) is 28.7 Å². The van der Waals surface area contributed by atoms with Crippen LogP contribution in [0.3, 0.4) is 0 Å². The smallest absolute Gasteiger partial charge is 0.330 e. The van der Waals surface area contributed by atoms with Gasteiger partial charge in [0.25, 0.3) is 0 Å². The van der Waals surface area contributed by atoms with Gasteiger partial charge in [-0.1, -0.05) is 31.8 Å². The van der Waals surface area contributed by atoms with E-state index in [0.717, 1.165) is 38.5 Å². The normalized spacial score (nSPS) is 13.8. The van der Waals surface area contributed by atoms with E-state index in [1.54, 1.807) is 6.08 Å². The molecule has 0 amide bonds. The SMILES string of the molecule is C[N+](C)(C)CC(CC(=O)O)OC(=O)C=CCCCCCCCCC(=O)OC(CC(=O)O)C[N+](C)(C)C. The molecule has 0 aromatic carbocycles. The Bertz CT molecular complexity index is 722. The Balaban J connectivity index is 4.04. The third-order valence-electron chi connectivity index (χ3n) is 5.14. The highest BCUT2D eigenvalue weighted by atomic mass is 16.5. The van der Waals surface area contributed by atoms with Crippen LogP contribution in [0.15, 0.2) is 12.2 Å². The van der Waals surface area contributed by atoms with Crippen molar-refractivity contribution in [2.45, 2.75) is 76.4 Å². The number of rotatable bonds is 20. The first-order valence-electron chi connectivity index (χ1n) is 12.7. The first kappa shape index (κ1) is 33.5. The number of hydrogen-bond donors (Lipinski definition) is 2. The van der Waals surface area contributed by atoms with Gasteiger partial charge in [-0.3, -0.25) is 14.4 Å². The molecule has 0 aliphatic carbocycles. The molecule has 0 spiro atoms. The molecule has 10 nitrogen and oxygen atoms in total. The topological polar surface area (TPSA) is 127 Å². The maximum absolute atomic E-state index is 12.1. The molecular weight excluding hydrogens is 468 g/mol. The number of quaternary nitrogens is 2. The fourth-order valence-corrected chi connectivity index (χ4v) is 3.76. The van der Waals surface area contributed by atoms with E-state index < -0.39 is 30.1 Å². The molecule has 2 N–H and O–H groups in total. The minimum absolute atomic E-state index is 0.188. The summed E-state index contributed by atoms with van der Waals surface area (Å²) in [7, 11) is 11.5. The van der Waals surface area contributed by atoms with Crippen LogP contribution in [0, 0.1) is 0 Å². The van der Waals surface area contributed by atoms with E-state index in [2.05, 4.69) is 0 Å². The van der Waals surface area contributed by atoms with Gasteiger partial charge >= 0.3 is 23.9 Å². The molecule has 0 radical (unpaired) electrons. The van der Waals surface area contributed by atoms with Gasteiger partial charge in [0.15, 0.2) is 12.2 Å². The Morgan fingerprint density at radius 1 is 0.694 bits per heavy atom. The Morgan fingerprint density at radius 2 is 1.14 bits per heavy atom. The zero-order valence-corrected chi connectivity index (χ0v) is 23.0. The zero-order valence-electron chi connectivity index (χ0n) is 23.0. The summed E-state index contributed by atoms with van der Waals surface area (Å²) in [5.41, 5.74) is 0. The number of ether oxygens (including phenoxy) is 2. The van der Waals surface area contributed by atoms with Crippen molar-refractivity contribution in [2.24, 2.45) is 0 Å². The fraction of sp³-hybridized carbons (Fsp3) is 0.769. The maximum Gasteiger partial charge on any atom is 0.330 e. The van der Waals surface area contributed by atoms with Gasteiger partial charge in [0.2, 0.25) is 0 Å². The molecule has 36 heavy (non-hydrogen) atoms. The average Bonchev–Trinajstić information content (AvgIpc) is 2.65. The summed E-state index contributed by atoms with van der Waals surface area (Å²) in [6.07, 6.45) is 7.97. The third-order valence-corrected chi connectivity index (χ3v) is 5.14. The lowest BCUT2D eigenvalue weighted by atomic mass is 10.1. The molecule has 0 aromatic rings. The van der Waals surface area contributed by atoms with Gasteiger partial charge < -0.3 is 28.7 Å². The first-order valence-corrected chi connectivity index (χ1v) is 12.7. The van der Waals surface area contributed by atoms with Crippen molar-refractivity contribution in [1.29, 1.82) is 0 Å². The van der Waals surface area contributed by atoms with E-state index in [-0.39, 0.29) is 25.2 Å². The predicted octanol–water partition coefficient (Wildman–Crippen LogP) is 2.85. The Labute approximate surface area is 216 Å². The van der Waals surface area contributed by atoms with Gasteiger partial charge in [-0.05, 0) is 19.3 Å². The van der Waals surface area contributed by atoms with Crippen molar-refractivity contribution in [2.75, 3.05) is 55.4 Å². The number of hydrogen-bond acceptors (Lipinski definition) is 6. The number of nitrogens with zero attached hydrogens (tertiary/aromatic N) is 2. The molecule has 2 unspecified atom stereocenters.